The minimum Gasteiger partial charge on any atom is -0.309 e. The van der Waals surface area contributed by atoms with E-state index in [0.29, 0.717) is 12.1 Å². The van der Waals surface area contributed by atoms with Crippen LogP contribution in [0.5, 0.6) is 0 Å². The van der Waals surface area contributed by atoms with E-state index in [1.807, 2.05) is 0 Å². The molecule has 1 saturated heterocycles. The van der Waals surface area contributed by atoms with E-state index in [0.717, 1.165) is 18.5 Å². The molecule has 0 spiro atoms. The van der Waals surface area contributed by atoms with Crippen molar-refractivity contribution in [3.63, 3.8) is 0 Å². The summed E-state index contributed by atoms with van der Waals surface area (Å²) in [5.74, 6) is 0.851. The maximum absolute atomic E-state index is 3.85. The van der Waals surface area contributed by atoms with Gasteiger partial charge in [0.2, 0.25) is 0 Å². The minimum atomic E-state index is 0.516. The highest BCUT2D eigenvalue weighted by Crippen LogP contribution is 2.37. The maximum Gasteiger partial charge on any atom is 0.0481 e. The van der Waals surface area contributed by atoms with Crippen molar-refractivity contribution in [2.45, 2.75) is 64.6 Å². The van der Waals surface area contributed by atoms with Gasteiger partial charge in [-0.3, -0.25) is 4.90 Å². The molecule has 1 aromatic rings. The highest BCUT2D eigenvalue weighted by molar-refractivity contribution is 5.34. The van der Waals surface area contributed by atoms with Gasteiger partial charge in [-0.1, -0.05) is 38.1 Å². The third-order valence-corrected chi connectivity index (χ3v) is 5.36. The number of likely N-dealkylation sites (tertiary alicyclic amines) is 1. The Morgan fingerprint density at radius 1 is 1.24 bits per heavy atom. The van der Waals surface area contributed by atoms with Crippen molar-refractivity contribution in [2.75, 3.05) is 13.1 Å². The number of rotatable bonds is 4. The third kappa shape index (κ3) is 3.02. The van der Waals surface area contributed by atoms with Gasteiger partial charge in [0.25, 0.3) is 0 Å². The lowest BCUT2D eigenvalue weighted by Gasteiger charge is -2.41. The molecule has 1 aliphatic carbocycles. The van der Waals surface area contributed by atoms with Gasteiger partial charge in [0.1, 0.15) is 0 Å². The zero-order chi connectivity index (χ0) is 14.8. The molecule has 0 amide bonds. The Kier molecular flexibility index (Phi) is 4.66. The largest absolute Gasteiger partial charge is 0.309 e. The van der Waals surface area contributed by atoms with Crippen molar-refractivity contribution in [2.24, 2.45) is 5.92 Å². The van der Waals surface area contributed by atoms with E-state index in [2.05, 4.69) is 55.3 Å². The summed E-state index contributed by atoms with van der Waals surface area (Å²) in [6.07, 6.45) is 5.11. The SMILES string of the molecule is CCCNC1c2ccccc2CCC1N1CC(C)CC1C. The van der Waals surface area contributed by atoms with Crippen LogP contribution in [0.25, 0.3) is 0 Å². The normalized spacial score (nSPS) is 33.1. The van der Waals surface area contributed by atoms with E-state index < -0.39 is 0 Å². The van der Waals surface area contributed by atoms with Crippen molar-refractivity contribution < 1.29 is 0 Å². The van der Waals surface area contributed by atoms with Gasteiger partial charge in [-0.2, -0.15) is 0 Å². The first-order valence-electron chi connectivity index (χ1n) is 8.77. The topological polar surface area (TPSA) is 15.3 Å². The van der Waals surface area contributed by atoms with Crippen molar-refractivity contribution in [3.05, 3.63) is 35.4 Å². The Morgan fingerprint density at radius 3 is 2.76 bits per heavy atom. The fourth-order valence-electron chi connectivity index (χ4n) is 4.44. The lowest BCUT2D eigenvalue weighted by atomic mass is 9.83. The number of nitrogens with one attached hydrogen (secondary N) is 1. The smallest absolute Gasteiger partial charge is 0.0481 e. The second kappa shape index (κ2) is 6.50. The molecule has 21 heavy (non-hydrogen) atoms. The molecule has 0 radical (unpaired) electrons. The number of benzene rings is 1. The summed E-state index contributed by atoms with van der Waals surface area (Å²) in [6.45, 7) is 9.48. The quantitative estimate of drug-likeness (QED) is 0.906. The second-order valence-electron chi connectivity index (χ2n) is 7.12. The molecule has 3 rings (SSSR count). The summed E-state index contributed by atoms with van der Waals surface area (Å²) in [4.78, 5) is 2.79. The molecule has 1 fully saturated rings. The molecule has 0 aromatic heterocycles. The number of hydrogen-bond acceptors (Lipinski definition) is 2. The monoisotopic (exact) mass is 286 g/mol. The summed E-state index contributed by atoms with van der Waals surface area (Å²) in [5.41, 5.74) is 3.11. The number of nitrogens with zero attached hydrogens (tertiary/aromatic N) is 1. The second-order valence-corrected chi connectivity index (χ2v) is 7.12. The Bertz CT molecular complexity index is 470. The Morgan fingerprint density at radius 2 is 2.05 bits per heavy atom. The fourth-order valence-corrected chi connectivity index (χ4v) is 4.44. The molecule has 2 aliphatic rings. The summed E-state index contributed by atoms with van der Waals surface area (Å²) >= 11 is 0. The van der Waals surface area contributed by atoms with Crippen molar-refractivity contribution in [3.8, 4) is 0 Å². The molecule has 4 unspecified atom stereocenters. The molecular weight excluding hydrogens is 256 g/mol. The molecule has 2 heteroatoms. The average Bonchev–Trinajstić information content (AvgIpc) is 2.83. The summed E-state index contributed by atoms with van der Waals surface area (Å²) < 4.78 is 0. The van der Waals surface area contributed by atoms with Crippen LogP contribution in [0.4, 0.5) is 0 Å². The van der Waals surface area contributed by atoms with Gasteiger partial charge in [0.05, 0.1) is 0 Å². The third-order valence-electron chi connectivity index (χ3n) is 5.36. The molecule has 1 aromatic carbocycles. The van der Waals surface area contributed by atoms with Crippen LogP contribution < -0.4 is 5.32 Å². The van der Waals surface area contributed by atoms with Crippen LogP contribution in [0.15, 0.2) is 24.3 Å². The van der Waals surface area contributed by atoms with Crippen LogP contribution >= 0.6 is 0 Å². The molecule has 0 saturated carbocycles. The average molecular weight is 286 g/mol. The standard InChI is InChI=1S/C19H30N2/c1-4-11-20-19-17-8-6-5-7-16(17)9-10-18(19)21-13-14(2)12-15(21)3/h5-8,14-15,18-20H,4,9-13H2,1-3H3. The van der Waals surface area contributed by atoms with Crippen LogP contribution in [-0.2, 0) is 6.42 Å². The fraction of sp³-hybridized carbons (Fsp3) is 0.684. The Balaban J connectivity index is 1.86. The van der Waals surface area contributed by atoms with Crippen LogP contribution in [-0.4, -0.2) is 30.1 Å². The van der Waals surface area contributed by atoms with E-state index in [9.17, 15) is 0 Å². The van der Waals surface area contributed by atoms with Crippen LogP contribution in [0.3, 0.4) is 0 Å². The molecule has 1 heterocycles. The molecule has 116 valence electrons. The molecule has 4 atom stereocenters. The van der Waals surface area contributed by atoms with Gasteiger partial charge in [-0.15, -0.1) is 0 Å². The van der Waals surface area contributed by atoms with Gasteiger partial charge in [0, 0.05) is 24.7 Å². The number of hydrogen-bond donors (Lipinski definition) is 1. The van der Waals surface area contributed by atoms with Gasteiger partial charge >= 0.3 is 0 Å². The lowest BCUT2D eigenvalue weighted by Crippen LogP contribution is -2.48. The maximum atomic E-state index is 3.85. The first kappa shape index (κ1) is 15.1. The van der Waals surface area contributed by atoms with Crippen LogP contribution in [0.1, 0.15) is 57.2 Å². The van der Waals surface area contributed by atoms with Crippen LogP contribution in [0, 0.1) is 5.92 Å². The summed E-state index contributed by atoms with van der Waals surface area (Å²) in [6, 6.07) is 11.0. The van der Waals surface area contributed by atoms with Crippen LogP contribution in [0.2, 0.25) is 0 Å². The number of aryl methyl sites for hydroxylation is 1. The zero-order valence-corrected chi connectivity index (χ0v) is 13.8. The molecule has 1 aliphatic heterocycles. The van der Waals surface area contributed by atoms with Crippen molar-refractivity contribution >= 4 is 0 Å². The number of fused-ring (bicyclic) bond motifs is 1. The zero-order valence-electron chi connectivity index (χ0n) is 13.8. The van der Waals surface area contributed by atoms with E-state index in [4.69, 9.17) is 0 Å². The van der Waals surface area contributed by atoms with Gasteiger partial charge < -0.3 is 5.32 Å². The minimum absolute atomic E-state index is 0.516. The molecule has 1 N–H and O–H groups in total. The highest BCUT2D eigenvalue weighted by atomic mass is 15.2. The van der Waals surface area contributed by atoms with Crippen molar-refractivity contribution in [1.82, 2.24) is 10.2 Å². The first-order valence-corrected chi connectivity index (χ1v) is 8.77. The van der Waals surface area contributed by atoms with Gasteiger partial charge in [-0.25, -0.2) is 0 Å². The van der Waals surface area contributed by atoms with E-state index in [1.165, 1.54) is 32.2 Å². The van der Waals surface area contributed by atoms with E-state index >= 15 is 0 Å². The van der Waals surface area contributed by atoms with Gasteiger partial charge in [0.15, 0.2) is 0 Å². The van der Waals surface area contributed by atoms with Gasteiger partial charge in [-0.05, 0) is 56.2 Å². The van der Waals surface area contributed by atoms with E-state index in [-0.39, 0.29) is 0 Å². The predicted molar refractivity (Wildman–Crippen MR) is 89.5 cm³/mol. The molecule has 0 bridgehead atoms. The first-order chi connectivity index (χ1) is 10.2. The highest BCUT2D eigenvalue weighted by Gasteiger charge is 2.38. The summed E-state index contributed by atoms with van der Waals surface area (Å²) in [7, 11) is 0. The Labute approximate surface area is 129 Å². The summed E-state index contributed by atoms with van der Waals surface area (Å²) in [5, 5.41) is 3.85. The Hall–Kier alpha value is -0.860. The lowest BCUT2D eigenvalue weighted by molar-refractivity contribution is 0.132. The molecular formula is C19H30N2. The van der Waals surface area contributed by atoms with E-state index in [1.54, 1.807) is 11.1 Å². The molecule has 2 nitrogen and oxygen atoms in total. The van der Waals surface area contributed by atoms with Crippen molar-refractivity contribution in [1.29, 1.82) is 0 Å². The predicted octanol–water partition coefficient (Wildman–Crippen LogP) is 3.77.